The molecule has 0 aromatic carbocycles. The summed E-state index contributed by atoms with van der Waals surface area (Å²) in [5, 5.41) is 32.1. The third-order valence-electron chi connectivity index (χ3n) is 0.501. The predicted octanol–water partition coefficient (Wildman–Crippen LogP) is -2.56. The van der Waals surface area contributed by atoms with E-state index in [0.717, 1.165) is 0 Å². The highest BCUT2D eigenvalue weighted by Gasteiger charge is 1.81. The molecule has 0 amide bonds. The van der Waals surface area contributed by atoms with Gasteiger partial charge in [-0.1, -0.05) is 0 Å². The molecule has 0 radical (unpaired) electrons. The summed E-state index contributed by atoms with van der Waals surface area (Å²) in [4.78, 5) is 11.7. The predicted molar refractivity (Wildman–Crippen MR) is 37.7 cm³/mol. The zero-order valence-corrected chi connectivity index (χ0v) is 6.04. The Balaban J connectivity index is 0. The largest absolute Gasteiger partial charge is 0.376 e. The molecule has 0 saturated heterocycles. The lowest BCUT2D eigenvalue weighted by Crippen LogP contribution is -2.32. The van der Waals surface area contributed by atoms with Crippen molar-refractivity contribution < 1.29 is 20.5 Å². The topological polar surface area (TPSA) is 154 Å². The Bertz CT molecular complexity index is 144. The highest BCUT2D eigenvalue weighted by atomic mass is 16.9. The SMILES string of the molecule is NC(=NCO)NCO.O=[N+]([O-])O. The van der Waals surface area contributed by atoms with Gasteiger partial charge in [-0.15, -0.1) is 10.1 Å². The summed E-state index contributed by atoms with van der Waals surface area (Å²) < 4.78 is 0. The summed E-state index contributed by atoms with van der Waals surface area (Å²) in [5.74, 6) is 0.0370. The van der Waals surface area contributed by atoms with Crippen molar-refractivity contribution in [3.8, 4) is 0 Å². The van der Waals surface area contributed by atoms with Crippen LogP contribution in [0.4, 0.5) is 0 Å². The Morgan fingerprint density at radius 1 is 1.67 bits per heavy atom. The van der Waals surface area contributed by atoms with Crippen molar-refractivity contribution in [2.45, 2.75) is 0 Å². The summed E-state index contributed by atoms with van der Waals surface area (Å²) >= 11 is 0. The molecule has 6 N–H and O–H groups in total. The van der Waals surface area contributed by atoms with E-state index in [0.29, 0.717) is 0 Å². The number of rotatable bonds is 2. The van der Waals surface area contributed by atoms with E-state index >= 15 is 0 Å². The third kappa shape index (κ3) is 23.8. The number of aliphatic imine (C=N–C) groups is 1. The van der Waals surface area contributed by atoms with Crippen LogP contribution in [0.3, 0.4) is 0 Å². The Morgan fingerprint density at radius 3 is 2.33 bits per heavy atom. The lowest BCUT2D eigenvalue weighted by Gasteiger charge is -1.96. The number of nitrogens with one attached hydrogen (secondary N) is 1. The summed E-state index contributed by atoms with van der Waals surface area (Å²) in [6, 6.07) is 0. The van der Waals surface area contributed by atoms with Gasteiger partial charge in [-0.25, -0.2) is 4.99 Å². The molecule has 0 bridgehead atoms. The van der Waals surface area contributed by atoms with Crippen LogP contribution in [0.25, 0.3) is 0 Å². The first kappa shape index (κ1) is 13.0. The fourth-order valence-corrected chi connectivity index (χ4v) is 0.213. The number of hydrogen-bond donors (Lipinski definition) is 5. The van der Waals surface area contributed by atoms with Gasteiger partial charge >= 0.3 is 0 Å². The van der Waals surface area contributed by atoms with E-state index in [1.807, 2.05) is 0 Å². The number of nitrogens with zero attached hydrogens (tertiary/aromatic N) is 2. The Morgan fingerprint density at radius 2 is 2.08 bits per heavy atom. The number of aliphatic hydroxyl groups excluding tert-OH is 2. The van der Waals surface area contributed by atoms with E-state index in [1.54, 1.807) is 0 Å². The summed E-state index contributed by atoms with van der Waals surface area (Å²) in [6.45, 7) is -0.631. The molecule has 0 aliphatic heterocycles. The Kier molecular flexibility index (Phi) is 10.2. The number of hydrogen-bond acceptors (Lipinski definition) is 5. The van der Waals surface area contributed by atoms with Gasteiger partial charge in [-0.3, -0.25) is 0 Å². The van der Waals surface area contributed by atoms with Crippen molar-refractivity contribution >= 4 is 5.96 Å². The molecule has 0 rings (SSSR count). The maximum atomic E-state index is 8.36. The number of guanidine groups is 1. The molecule has 0 saturated carbocycles. The van der Waals surface area contributed by atoms with Crippen molar-refractivity contribution in [3.63, 3.8) is 0 Å². The molecule has 12 heavy (non-hydrogen) atoms. The van der Waals surface area contributed by atoms with Crippen molar-refractivity contribution in [3.05, 3.63) is 10.1 Å². The van der Waals surface area contributed by atoms with Crippen molar-refractivity contribution in [1.29, 1.82) is 0 Å². The van der Waals surface area contributed by atoms with E-state index < -0.39 is 5.09 Å². The summed E-state index contributed by atoms with van der Waals surface area (Å²) in [5.41, 5.74) is 5.01. The lowest BCUT2D eigenvalue weighted by molar-refractivity contribution is -0.742. The van der Waals surface area contributed by atoms with Gasteiger partial charge < -0.3 is 26.5 Å². The minimum absolute atomic E-state index is 0.0370. The van der Waals surface area contributed by atoms with E-state index in [-0.39, 0.29) is 19.4 Å². The fraction of sp³-hybridized carbons (Fsp3) is 0.667. The molecule has 72 valence electrons. The van der Waals surface area contributed by atoms with Gasteiger partial charge in [0.2, 0.25) is 0 Å². The van der Waals surface area contributed by atoms with Crippen molar-refractivity contribution in [1.82, 2.24) is 5.32 Å². The van der Waals surface area contributed by atoms with Crippen molar-refractivity contribution in [2.75, 3.05) is 13.5 Å². The van der Waals surface area contributed by atoms with Crippen LogP contribution in [0.5, 0.6) is 0 Å². The van der Waals surface area contributed by atoms with Gasteiger partial charge in [0.1, 0.15) is 13.5 Å². The molecule has 0 aromatic rings. The van der Waals surface area contributed by atoms with Gasteiger partial charge in [0, 0.05) is 0 Å². The normalized spacial score (nSPS) is 9.67. The molecule has 9 nitrogen and oxygen atoms in total. The molecule has 0 fully saturated rings. The van der Waals surface area contributed by atoms with Gasteiger partial charge in [-0.05, 0) is 0 Å². The minimum Gasteiger partial charge on any atom is -0.376 e. The number of nitrogens with two attached hydrogens (primary N) is 1. The number of aliphatic hydroxyl groups is 2. The molecule has 9 heteroatoms. The molecule has 0 unspecified atom stereocenters. The quantitative estimate of drug-likeness (QED) is 0.103. The van der Waals surface area contributed by atoms with Gasteiger partial charge in [-0.2, -0.15) is 0 Å². The summed E-state index contributed by atoms with van der Waals surface area (Å²) in [7, 11) is 0. The van der Waals surface area contributed by atoms with Crippen LogP contribution in [0.2, 0.25) is 0 Å². The molecule has 0 spiro atoms. The van der Waals surface area contributed by atoms with E-state index in [9.17, 15) is 0 Å². The smallest absolute Gasteiger partial charge is 0.291 e. The average molecular weight is 182 g/mol. The first-order valence-electron chi connectivity index (χ1n) is 2.63. The van der Waals surface area contributed by atoms with Crippen molar-refractivity contribution in [2.24, 2.45) is 10.7 Å². The molecule has 0 aromatic heterocycles. The second-order valence-electron chi connectivity index (χ2n) is 1.26. The highest BCUT2D eigenvalue weighted by Crippen LogP contribution is 1.59. The standard InChI is InChI=1S/C3H9N3O2.HNO3/c4-3(5-1-7)6-2-8;2-1(3)4/h7-8H,1-2H2,(H3,4,5,6);(H,2,3,4). The van der Waals surface area contributed by atoms with E-state index in [2.05, 4.69) is 10.3 Å². The van der Waals surface area contributed by atoms with Crippen LogP contribution in [0.1, 0.15) is 0 Å². The molecular formula is C3H10N4O5. The van der Waals surface area contributed by atoms with Crippen LogP contribution in [-0.2, 0) is 0 Å². The maximum Gasteiger partial charge on any atom is 0.291 e. The Labute approximate surface area is 67.2 Å². The second-order valence-corrected chi connectivity index (χ2v) is 1.26. The minimum atomic E-state index is -1.50. The van der Waals surface area contributed by atoms with Crippen LogP contribution >= 0.6 is 0 Å². The monoisotopic (exact) mass is 182 g/mol. The average Bonchev–Trinajstić information content (AvgIpc) is 1.87. The maximum absolute atomic E-state index is 8.36. The molecular weight excluding hydrogens is 172 g/mol. The summed E-state index contributed by atoms with van der Waals surface area (Å²) in [6.07, 6.45) is 0. The third-order valence-corrected chi connectivity index (χ3v) is 0.501. The second kappa shape index (κ2) is 9.39. The zero-order chi connectivity index (χ0) is 9.98. The molecule has 0 heterocycles. The lowest BCUT2D eigenvalue weighted by atomic mass is 10.9. The zero-order valence-electron chi connectivity index (χ0n) is 6.04. The van der Waals surface area contributed by atoms with Gasteiger partial charge in [0.05, 0.1) is 0 Å². The molecule has 0 aliphatic rings. The fourth-order valence-electron chi connectivity index (χ4n) is 0.213. The van der Waals surface area contributed by atoms with E-state index in [1.165, 1.54) is 0 Å². The van der Waals surface area contributed by atoms with E-state index in [4.69, 9.17) is 31.3 Å². The van der Waals surface area contributed by atoms with Crippen LogP contribution < -0.4 is 11.1 Å². The van der Waals surface area contributed by atoms with Gasteiger partial charge in [0.25, 0.3) is 5.09 Å². The van der Waals surface area contributed by atoms with Gasteiger partial charge in [0.15, 0.2) is 5.96 Å². The Hall–Kier alpha value is -1.61. The first-order valence-corrected chi connectivity index (χ1v) is 2.63. The molecule has 0 aliphatic carbocycles. The van der Waals surface area contributed by atoms with Crippen LogP contribution in [0.15, 0.2) is 4.99 Å². The first-order chi connectivity index (χ1) is 5.54. The van der Waals surface area contributed by atoms with Crippen LogP contribution in [0, 0.1) is 10.1 Å². The van der Waals surface area contributed by atoms with Crippen LogP contribution in [-0.4, -0.2) is 39.9 Å². The highest BCUT2D eigenvalue weighted by molar-refractivity contribution is 5.77. The molecule has 0 atom stereocenters.